The zero-order valence-corrected chi connectivity index (χ0v) is 16.6. The highest BCUT2D eigenvalue weighted by atomic mass is 16.2. The molecule has 148 valence electrons. The quantitative estimate of drug-likeness (QED) is 0.838. The standard InChI is InChI=1S/C21H28N6O/c1-13-3-4-15(7-14(13)2)11-27-6-5-26(12-20(27)28)19-10-18(24-21(23)25-19)16-8-17(22)9-16/h3-4,7,10,16-17H,5-6,8-9,11-12,22H2,1-2H3,(H2,23,24,25). The number of nitrogens with two attached hydrogens (primary N) is 2. The van der Waals surface area contributed by atoms with Crippen LogP contribution in [0.5, 0.6) is 0 Å². The van der Waals surface area contributed by atoms with Crippen molar-refractivity contribution < 1.29 is 4.79 Å². The second-order valence-corrected chi connectivity index (χ2v) is 8.09. The first-order valence-electron chi connectivity index (χ1n) is 9.88. The number of hydrogen-bond acceptors (Lipinski definition) is 6. The Bertz CT molecular complexity index is 892. The van der Waals surface area contributed by atoms with E-state index in [1.54, 1.807) is 0 Å². The molecule has 7 heteroatoms. The highest BCUT2D eigenvalue weighted by molar-refractivity contribution is 5.82. The highest BCUT2D eigenvalue weighted by Crippen LogP contribution is 2.36. The third-order valence-corrected chi connectivity index (χ3v) is 5.93. The number of benzene rings is 1. The lowest BCUT2D eigenvalue weighted by Gasteiger charge is -2.36. The maximum absolute atomic E-state index is 12.7. The van der Waals surface area contributed by atoms with Crippen LogP contribution in [0.3, 0.4) is 0 Å². The van der Waals surface area contributed by atoms with Crippen molar-refractivity contribution in [3.05, 3.63) is 46.6 Å². The van der Waals surface area contributed by atoms with E-state index in [9.17, 15) is 4.79 Å². The maximum Gasteiger partial charge on any atom is 0.242 e. The van der Waals surface area contributed by atoms with Crippen molar-refractivity contribution in [1.29, 1.82) is 0 Å². The Labute approximate surface area is 165 Å². The average Bonchev–Trinajstić information content (AvgIpc) is 2.63. The first kappa shape index (κ1) is 18.7. The van der Waals surface area contributed by atoms with Crippen molar-refractivity contribution in [2.24, 2.45) is 5.73 Å². The van der Waals surface area contributed by atoms with Crippen molar-refractivity contribution in [3.8, 4) is 0 Å². The minimum absolute atomic E-state index is 0.105. The zero-order chi connectivity index (χ0) is 19.8. The molecule has 0 unspecified atom stereocenters. The van der Waals surface area contributed by atoms with Crippen molar-refractivity contribution in [2.45, 2.75) is 45.2 Å². The van der Waals surface area contributed by atoms with E-state index >= 15 is 0 Å². The summed E-state index contributed by atoms with van der Waals surface area (Å²) in [7, 11) is 0. The van der Waals surface area contributed by atoms with Crippen LogP contribution in [-0.4, -0.2) is 46.5 Å². The highest BCUT2D eigenvalue weighted by Gasteiger charge is 2.30. The summed E-state index contributed by atoms with van der Waals surface area (Å²) >= 11 is 0. The second kappa shape index (κ2) is 7.39. The van der Waals surface area contributed by atoms with Crippen LogP contribution < -0.4 is 16.4 Å². The molecule has 0 bridgehead atoms. The number of amides is 1. The summed E-state index contributed by atoms with van der Waals surface area (Å²) in [6.45, 7) is 6.55. The number of hydrogen-bond donors (Lipinski definition) is 2. The number of aryl methyl sites for hydroxylation is 2. The molecule has 1 amide bonds. The number of nitrogen functional groups attached to an aromatic ring is 1. The molecule has 4 N–H and O–H groups in total. The van der Waals surface area contributed by atoms with E-state index in [0.717, 1.165) is 30.9 Å². The van der Waals surface area contributed by atoms with Gasteiger partial charge in [-0.1, -0.05) is 18.2 Å². The number of carbonyl (C=O) groups excluding carboxylic acids is 1. The molecule has 0 atom stereocenters. The van der Waals surface area contributed by atoms with Gasteiger partial charge in [0.15, 0.2) is 0 Å². The minimum atomic E-state index is 0.105. The average molecular weight is 380 g/mol. The molecular weight excluding hydrogens is 352 g/mol. The van der Waals surface area contributed by atoms with E-state index in [0.29, 0.717) is 25.6 Å². The van der Waals surface area contributed by atoms with E-state index in [2.05, 4.69) is 42.0 Å². The fourth-order valence-electron chi connectivity index (χ4n) is 3.94. The summed E-state index contributed by atoms with van der Waals surface area (Å²) in [6, 6.07) is 8.60. The van der Waals surface area contributed by atoms with Crippen LogP contribution in [0.4, 0.5) is 11.8 Å². The van der Waals surface area contributed by atoms with Crippen molar-refractivity contribution >= 4 is 17.7 Å². The molecule has 0 spiro atoms. The molecule has 2 aromatic rings. The summed E-state index contributed by atoms with van der Waals surface area (Å²) in [5.41, 5.74) is 16.5. The Morgan fingerprint density at radius 3 is 2.57 bits per heavy atom. The minimum Gasteiger partial charge on any atom is -0.368 e. The normalized spacial score (nSPS) is 22.3. The molecule has 28 heavy (non-hydrogen) atoms. The molecule has 4 rings (SSSR count). The van der Waals surface area contributed by atoms with Crippen LogP contribution in [0.1, 0.15) is 41.1 Å². The Hall–Kier alpha value is -2.67. The summed E-state index contributed by atoms with van der Waals surface area (Å²) in [5, 5.41) is 0. The van der Waals surface area contributed by atoms with Crippen molar-refractivity contribution in [3.63, 3.8) is 0 Å². The fourth-order valence-corrected chi connectivity index (χ4v) is 3.94. The zero-order valence-electron chi connectivity index (χ0n) is 16.6. The molecular formula is C21H28N6O. The third-order valence-electron chi connectivity index (χ3n) is 5.93. The lowest BCUT2D eigenvalue weighted by Crippen LogP contribution is -2.50. The van der Waals surface area contributed by atoms with Crippen LogP contribution >= 0.6 is 0 Å². The smallest absolute Gasteiger partial charge is 0.242 e. The topological polar surface area (TPSA) is 101 Å². The van der Waals surface area contributed by atoms with Gasteiger partial charge in [-0.3, -0.25) is 4.79 Å². The molecule has 7 nitrogen and oxygen atoms in total. The molecule has 1 aliphatic heterocycles. The van der Waals surface area contributed by atoms with Gasteiger partial charge in [0.05, 0.1) is 12.2 Å². The Morgan fingerprint density at radius 1 is 1.11 bits per heavy atom. The van der Waals surface area contributed by atoms with E-state index in [4.69, 9.17) is 11.5 Å². The maximum atomic E-state index is 12.7. The fraction of sp³-hybridized carbons (Fsp3) is 0.476. The molecule has 0 radical (unpaired) electrons. The van der Waals surface area contributed by atoms with E-state index in [1.165, 1.54) is 16.7 Å². The number of carbonyl (C=O) groups is 1. The van der Waals surface area contributed by atoms with Gasteiger partial charge in [0, 0.05) is 37.7 Å². The monoisotopic (exact) mass is 380 g/mol. The largest absolute Gasteiger partial charge is 0.368 e. The van der Waals surface area contributed by atoms with E-state index in [1.807, 2.05) is 15.9 Å². The van der Waals surface area contributed by atoms with E-state index < -0.39 is 0 Å². The summed E-state index contributed by atoms with van der Waals surface area (Å²) in [6.07, 6.45) is 1.86. The predicted octanol–water partition coefficient (Wildman–Crippen LogP) is 1.73. The predicted molar refractivity (Wildman–Crippen MR) is 110 cm³/mol. The number of aromatic nitrogens is 2. The summed E-state index contributed by atoms with van der Waals surface area (Å²) in [4.78, 5) is 25.4. The third kappa shape index (κ3) is 3.80. The Kier molecular flexibility index (Phi) is 4.93. The van der Waals surface area contributed by atoms with Gasteiger partial charge < -0.3 is 21.3 Å². The van der Waals surface area contributed by atoms with Gasteiger partial charge in [0.2, 0.25) is 11.9 Å². The summed E-state index contributed by atoms with van der Waals surface area (Å²) < 4.78 is 0. The SMILES string of the molecule is Cc1ccc(CN2CCN(c3cc(C4CC(N)C4)nc(N)n3)CC2=O)cc1C. The lowest BCUT2D eigenvalue weighted by molar-refractivity contribution is -0.131. The number of piperazine rings is 1. The van der Waals surface area contributed by atoms with Crippen LogP contribution in [0.25, 0.3) is 0 Å². The van der Waals surface area contributed by atoms with Crippen molar-refractivity contribution in [1.82, 2.24) is 14.9 Å². The van der Waals surface area contributed by atoms with Crippen LogP contribution in [-0.2, 0) is 11.3 Å². The van der Waals surface area contributed by atoms with Gasteiger partial charge in [0.1, 0.15) is 5.82 Å². The molecule has 2 fully saturated rings. The van der Waals surface area contributed by atoms with Gasteiger partial charge in [-0.05, 0) is 43.4 Å². The number of rotatable bonds is 4. The van der Waals surface area contributed by atoms with Crippen LogP contribution in [0, 0.1) is 13.8 Å². The lowest BCUT2D eigenvalue weighted by atomic mass is 9.78. The number of nitrogens with zero attached hydrogens (tertiary/aromatic N) is 4. The molecule has 1 saturated heterocycles. The second-order valence-electron chi connectivity index (χ2n) is 8.09. The number of anilines is 2. The molecule has 1 aromatic carbocycles. The molecule has 1 aliphatic carbocycles. The first-order valence-corrected chi connectivity index (χ1v) is 9.88. The molecule has 2 heterocycles. The first-order chi connectivity index (χ1) is 13.4. The van der Waals surface area contributed by atoms with Gasteiger partial charge in [-0.2, -0.15) is 4.98 Å². The molecule has 2 aliphatic rings. The van der Waals surface area contributed by atoms with E-state index in [-0.39, 0.29) is 17.9 Å². The van der Waals surface area contributed by atoms with Gasteiger partial charge in [0.25, 0.3) is 0 Å². The van der Waals surface area contributed by atoms with Crippen molar-refractivity contribution in [2.75, 3.05) is 30.3 Å². The van der Waals surface area contributed by atoms with Crippen LogP contribution in [0.2, 0.25) is 0 Å². The Morgan fingerprint density at radius 2 is 1.89 bits per heavy atom. The van der Waals surface area contributed by atoms with Gasteiger partial charge >= 0.3 is 0 Å². The Balaban J connectivity index is 1.44. The molecule has 1 aromatic heterocycles. The van der Waals surface area contributed by atoms with Gasteiger partial charge in [-0.25, -0.2) is 4.98 Å². The van der Waals surface area contributed by atoms with Crippen LogP contribution in [0.15, 0.2) is 24.3 Å². The van der Waals surface area contributed by atoms with Gasteiger partial charge in [-0.15, -0.1) is 0 Å². The summed E-state index contributed by atoms with van der Waals surface area (Å²) in [5.74, 6) is 1.45. The molecule has 1 saturated carbocycles.